The van der Waals surface area contributed by atoms with E-state index in [0.29, 0.717) is 29.8 Å². The summed E-state index contributed by atoms with van der Waals surface area (Å²) in [7, 11) is 3.19. The molecule has 0 fully saturated rings. The van der Waals surface area contributed by atoms with Gasteiger partial charge in [-0.05, 0) is 17.7 Å². The zero-order chi connectivity index (χ0) is 17.5. The zero-order valence-corrected chi connectivity index (χ0v) is 14.1. The predicted octanol–water partition coefficient (Wildman–Crippen LogP) is 3.24. The summed E-state index contributed by atoms with van der Waals surface area (Å²) in [4.78, 5) is 4.41. The summed E-state index contributed by atoms with van der Waals surface area (Å²) < 4.78 is 10.5. The van der Waals surface area contributed by atoms with Crippen LogP contribution in [-0.4, -0.2) is 29.4 Å². The van der Waals surface area contributed by atoms with Gasteiger partial charge in [-0.1, -0.05) is 30.3 Å². The molecule has 0 aliphatic carbocycles. The highest BCUT2D eigenvalue weighted by Gasteiger charge is 2.06. The number of hydrogen-bond acceptors (Lipinski definition) is 7. The first-order valence-corrected chi connectivity index (χ1v) is 7.75. The molecule has 0 aliphatic rings. The molecule has 1 heterocycles. The quantitative estimate of drug-likeness (QED) is 0.685. The fraction of sp³-hybridized carbons (Fsp3) is 0.167. The van der Waals surface area contributed by atoms with Crippen molar-refractivity contribution in [3.05, 3.63) is 60.3 Å². The van der Waals surface area contributed by atoms with Crippen LogP contribution in [0, 0.1) is 0 Å². The standard InChI is InChI=1S/C18H19N5O2/c1-24-15-9-8-14(10-16(15)25-2)21-18-22-17(12-20-23-18)19-11-13-6-4-3-5-7-13/h3-10,12H,11H2,1-2H3,(H2,19,21,22,23). The van der Waals surface area contributed by atoms with Crippen molar-refractivity contribution < 1.29 is 9.47 Å². The van der Waals surface area contributed by atoms with Crippen LogP contribution in [0.15, 0.2) is 54.7 Å². The first-order valence-electron chi connectivity index (χ1n) is 7.75. The minimum absolute atomic E-state index is 0.394. The molecule has 7 heteroatoms. The van der Waals surface area contributed by atoms with Gasteiger partial charge in [-0.25, -0.2) is 0 Å². The van der Waals surface area contributed by atoms with Gasteiger partial charge < -0.3 is 20.1 Å². The molecule has 128 valence electrons. The average molecular weight is 337 g/mol. The minimum Gasteiger partial charge on any atom is -0.493 e. The molecule has 0 saturated carbocycles. The third kappa shape index (κ3) is 4.35. The number of rotatable bonds is 7. The van der Waals surface area contributed by atoms with Crippen molar-refractivity contribution in [1.82, 2.24) is 15.2 Å². The lowest BCUT2D eigenvalue weighted by Crippen LogP contribution is -2.05. The normalized spacial score (nSPS) is 10.2. The SMILES string of the molecule is COc1ccc(Nc2nncc(NCc3ccccc3)n2)cc1OC. The van der Waals surface area contributed by atoms with E-state index in [4.69, 9.17) is 9.47 Å². The second kappa shape index (κ2) is 7.96. The highest BCUT2D eigenvalue weighted by Crippen LogP contribution is 2.30. The highest BCUT2D eigenvalue weighted by atomic mass is 16.5. The first-order chi connectivity index (χ1) is 12.3. The fourth-order valence-corrected chi connectivity index (χ4v) is 2.27. The Labute approximate surface area is 146 Å². The molecule has 25 heavy (non-hydrogen) atoms. The molecule has 0 atom stereocenters. The van der Waals surface area contributed by atoms with Crippen LogP contribution >= 0.6 is 0 Å². The summed E-state index contributed by atoms with van der Waals surface area (Å²) in [6, 6.07) is 15.6. The van der Waals surface area contributed by atoms with Gasteiger partial charge in [0.1, 0.15) is 0 Å². The summed E-state index contributed by atoms with van der Waals surface area (Å²) in [6.45, 7) is 0.662. The molecule has 3 aromatic rings. The Balaban J connectivity index is 1.69. The van der Waals surface area contributed by atoms with E-state index in [9.17, 15) is 0 Å². The van der Waals surface area contributed by atoms with E-state index in [1.165, 1.54) is 0 Å². The van der Waals surface area contributed by atoms with Gasteiger partial charge in [0, 0.05) is 18.3 Å². The average Bonchev–Trinajstić information content (AvgIpc) is 2.67. The van der Waals surface area contributed by atoms with Crippen LogP contribution in [0.1, 0.15) is 5.56 Å². The molecule has 0 amide bonds. The van der Waals surface area contributed by atoms with Crippen molar-refractivity contribution in [3.8, 4) is 11.5 Å². The molecule has 2 N–H and O–H groups in total. The Bertz CT molecular complexity index is 827. The summed E-state index contributed by atoms with van der Waals surface area (Å²) in [5.41, 5.74) is 1.94. The molecular formula is C18H19N5O2. The van der Waals surface area contributed by atoms with Gasteiger partial charge in [0.25, 0.3) is 0 Å². The first kappa shape index (κ1) is 16.5. The number of nitrogens with zero attached hydrogens (tertiary/aromatic N) is 3. The molecule has 3 rings (SSSR count). The van der Waals surface area contributed by atoms with Crippen LogP contribution in [-0.2, 0) is 6.54 Å². The summed E-state index contributed by atoms with van der Waals surface area (Å²) in [5, 5.41) is 14.3. The number of nitrogens with one attached hydrogen (secondary N) is 2. The number of aromatic nitrogens is 3. The Morgan fingerprint density at radius 2 is 1.76 bits per heavy atom. The summed E-state index contributed by atoms with van der Waals surface area (Å²) in [5.74, 6) is 2.32. The van der Waals surface area contributed by atoms with Crippen LogP contribution in [0.3, 0.4) is 0 Å². The van der Waals surface area contributed by atoms with E-state index >= 15 is 0 Å². The Hall–Kier alpha value is -3.35. The van der Waals surface area contributed by atoms with Gasteiger partial charge in [-0.2, -0.15) is 10.1 Å². The number of ether oxygens (including phenoxy) is 2. The lowest BCUT2D eigenvalue weighted by atomic mass is 10.2. The Morgan fingerprint density at radius 1 is 0.960 bits per heavy atom. The van der Waals surface area contributed by atoms with Crippen molar-refractivity contribution in [2.24, 2.45) is 0 Å². The van der Waals surface area contributed by atoms with Crippen molar-refractivity contribution >= 4 is 17.5 Å². The van der Waals surface area contributed by atoms with Crippen molar-refractivity contribution in [2.75, 3.05) is 24.9 Å². The lowest BCUT2D eigenvalue weighted by Gasteiger charge is -2.11. The molecule has 0 bridgehead atoms. The minimum atomic E-state index is 0.394. The van der Waals surface area contributed by atoms with Gasteiger partial charge in [0.15, 0.2) is 17.3 Å². The smallest absolute Gasteiger partial charge is 0.249 e. The van der Waals surface area contributed by atoms with Gasteiger partial charge in [0.05, 0.1) is 20.4 Å². The molecule has 1 aromatic heterocycles. The molecule has 0 aliphatic heterocycles. The summed E-state index contributed by atoms with van der Waals surface area (Å²) in [6.07, 6.45) is 1.59. The van der Waals surface area contributed by atoms with E-state index in [2.05, 4.69) is 25.8 Å². The van der Waals surface area contributed by atoms with Crippen LogP contribution in [0.25, 0.3) is 0 Å². The van der Waals surface area contributed by atoms with Crippen LogP contribution in [0.2, 0.25) is 0 Å². The van der Waals surface area contributed by atoms with Crippen LogP contribution in [0.5, 0.6) is 11.5 Å². The highest BCUT2D eigenvalue weighted by molar-refractivity contribution is 5.60. The molecule has 0 unspecified atom stereocenters. The topological polar surface area (TPSA) is 81.2 Å². The second-order valence-corrected chi connectivity index (χ2v) is 5.20. The predicted molar refractivity (Wildman–Crippen MR) is 96.4 cm³/mol. The Morgan fingerprint density at radius 3 is 2.52 bits per heavy atom. The van der Waals surface area contributed by atoms with Crippen molar-refractivity contribution in [3.63, 3.8) is 0 Å². The second-order valence-electron chi connectivity index (χ2n) is 5.20. The van der Waals surface area contributed by atoms with E-state index in [1.54, 1.807) is 20.4 Å². The van der Waals surface area contributed by atoms with Crippen molar-refractivity contribution in [2.45, 2.75) is 6.54 Å². The van der Waals surface area contributed by atoms with E-state index < -0.39 is 0 Å². The third-order valence-corrected chi connectivity index (χ3v) is 3.51. The molecule has 0 radical (unpaired) electrons. The number of hydrogen-bond donors (Lipinski definition) is 2. The number of methoxy groups -OCH3 is 2. The molecular weight excluding hydrogens is 318 g/mol. The van der Waals surface area contributed by atoms with Crippen molar-refractivity contribution in [1.29, 1.82) is 0 Å². The van der Waals surface area contributed by atoms with E-state index in [1.807, 2.05) is 48.5 Å². The molecule has 7 nitrogen and oxygen atoms in total. The third-order valence-electron chi connectivity index (χ3n) is 3.51. The van der Waals surface area contributed by atoms with Crippen LogP contribution < -0.4 is 20.1 Å². The lowest BCUT2D eigenvalue weighted by molar-refractivity contribution is 0.355. The molecule has 0 spiro atoms. The number of benzene rings is 2. The maximum Gasteiger partial charge on any atom is 0.249 e. The molecule has 0 saturated heterocycles. The largest absolute Gasteiger partial charge is 0.493 e. The van der Waals surface area contributed by atoms with Gasteiger partial charge in [0.2, 0.25) is 5.95 Å². The van der Waals surface area contributed by atoms with Gasteiger partial charge in [-0.3, -0.25) is 0 Å². The maximum absolute atomic E-state index is 5.29. The Kier molecular flexibility index (Phi) is 5.26. The van der Waals surface area contributed by atoms with E-state index in [-0.39, 0.29) is 0 Å². The maximum atomic E-state index is 5.29. The van der Waals surface area contributed by atoms with Gasteiger partial charge in [-0.15, -0.1) is 5.10 Å². The zero-order valence-electron chi connectivity index (χ0n) is 14.1. The van der Waals surface area contributed by atoms with Gasteiger partial charge >= 0.3 is 0 Å². The fourth-order valence-electron chi connectivity index (χ4n) is 2.27. The van der Waals surface area contributed by atoms with Crippen LogP contribution in [0.4, 0.5) is 17.5 Å². The monoisotopic (exact) mass is 337 g/mol. The molecule has 2 aromatic carbocycles. The van der Waals surface area contributed by atoms with E-state index in [0.717, 1.165) is 11.3 Å². The summed E-state index contributed by atoms with van der Waals surface area (Å²) >= 11 is 0. The number of anilines is 3.